The van der Waals surface area contributed by atoms with Crippen molar-refractivity contribution in [3.63, 3.8) is 0 Å². The number of carbonyl (C=O) groups is 1. The molecule has 2 unspecified atom stereocenters. The van der Waals surface area contributed by atoms with Crippen LogP contribution in [0.4, 0.5) is 13.2 Å². The number of hydrogen-bond donors (Lipinski definition) is 2. The quantitative estimate of drug-likeness (QED) is 0.728. The van der Waals surface area contributed by atoms with Gasteiger partial charge in [0.1, 0.15) is 0 Å². The van der Waals surface area contributed by atoms with Gasteiger partial charge in [0, 0.05) is 30.9 Å². The van der Waals surface area contributed by atoms with Crippen molar-refractivity contribution in [2.24, 2.45) is 7.05 Å². The molecule has 10 heteroatoms. The zero-order valence-electron chi connectivity index (χ0n) is 15.4. The van der Waals surface area contributed by atoms with Crippen molar-refractivity contribution in [2.75, 3.05) is 19.6 Å². The van der Waals surface area contributed by atoms with Crippen molar-refractivity contribution in [1.29, 1.82) is 0 Å². The van der Waals surface area contributed by atoms with Crippen LogP contribution in [0.2, 0.25) is 0 Å². The average Bonchev–Trinajstić information content (AvgIpc) is 3.36. The topological polar surface area (TPSA) is 70.4 Å². The van der Waals surface area contributed by atoms with E-state index in [1.807, 2.05) is 17.5 Å². The lowest BCUT2D eigenvalue weighted by Gasteiger charge is -2.30. The zero-order chi connectivity index (χ0) is 20.4. The highest BCUT2D eigenvalue weighted by atomic mass is 32.1. The number of carbonyl (C=O) groups excluding carboxylic acids is 1. The minimum absolute atomic E-state index is 0.0846. The first-order valence-electron chi connectivity index (χ1n) is 9.03. The Morgan fingerprint density at radius 2 is 2.11 bits per heavy atom. The van der Waals surface area contributed by atoms with E-state index in [4.69, 9.17) is 0 Å². The first-order chi connectivity index (χ1) is 13.2. The summed E-state index contributed by atoms with van der Waals surface area (Å²) in [6.07, 6.45) is -1.61. The number of nitrogens with one attached hydrogen (secondary N) is 1. The summed E-state index contributed by atoms with van der Waals surface area (Å²) >= 11 is 1.55. The summed E-state index contributed by atoms with van der Waals surface area (Å²) in [5.74, 6) is -1.48. The van der Waals surface area contributed by atoms with Gasteiger partial charge in [0.05, 0.1) is 12.5 Å². The van der Waals surface area contributed by atoms with Gasteiger partial charge in [-0.25, -0.2) is 4.98 Å². The van der Waals surface area contributed by atoms with Gasteiger partial charge < -0.3 is 15.0 Å². The van der Waals surface area contributed by atoms with E-state index in [0.29, 0.717) is 0 Å². The fourth-order valence-electron chi connectivity index (χ4n) is 3.52. The number of thiophene rings is 1. The molecule has 3 heterocycles. The van der Waals surface area contributed by atoms with E-state index in [9.17, 15) is 23.1 Å². The molecular formula is C18H23F3N4O2S. The van der Waals surface area contributed by atoms with E-state index in [1.165, 1.54) is 13.2 Å². The monoisotopic (exact) mass is 416 g/mol. The Hall–Kier alpha value is -1.91. The van der Waals surface area contributed by atoms with E-state index in [-0.39, 0.29) is 12.6 Å². The number of amides is 1. The molecular weight excluding hydrogens is 393 g/mol. The molecule has 2 N–H and O–H groups in total. The van der Waals surface area contributed by atoms with E-state index >= 15 is 0 Å². The molecule has 0 aliphatic carbocycles. The lowest BCUT2D eigenvalue weighted by atomic mass is 9.97. The molecule has 0 saturated carbocycles. The van der Waals surface area contributed by atoms with Crippen LogP contribution in [0.1, 0.15) is 36.0 Å². The van der Waals surface area contributed by atoms with Crippen molar-refractivity contribution in [3.05, 3.63) is 40.6 Å². The molecule has 2 atom stereocenters. The lowest BCUT2D eigenvalue weighted by molar-refractivity contribution is -0.271. The van der Waals surface area contributed by atoms with Crippen molar-refractivity contribution in [2.45, 2.75) is 37.1 Å². The highest BCUT2D eigenvalue weighted by Gasteiger charge is 2.58. The van der Waals surface area contributed by atoms with Gasteiger partial charge in [-0.15, -0.1) is 11.3 Å². The minimum atomic E-state index is -5.04. The molecule has 1 saturated heterocycles. The van der Waals surface area contributed by atoms with E-state index < -0.39 is 29.9 Å². The van der Waals surface area contributed by atoms with Gasteiger partial charge in [-0.2, -0.15) is 13.2 Å². The van der Waals surface area contributed by atoms with Gasteiger partial charge >= 0.3 is 6.18 Å². The molecule has 0 spiro atoms. The molecule has 0 aromatic carbocycles. The van der Waals surface area contributed by atoms with Crippen LogP contribution in [-0.4, -0.2) is 51.3 Å². The van der Waals surface area contributed by atoms with Gasteiger partial charge in [-0.1, -0.05) is 6.07 Å². The van der Waals surface area contributed by atoms with Gasteiger partial charge in [0.15, 0.2) is 5.82 Å². The van der Waals surface area contributed by atoms with E-state index in [0.717, 1.165) is 41.6 Å². The number of halogens is 3. The number of aromatic nitrogens is 2. The highest BCUT2D eigenvalue weighted by Crippen LogP contribution is 2.40. The number of likely N-dealkylation sites (tertiary alicyclic amines) is 1. The summed E-state index contributed by atoms with van der Waals surface area (Å²) in [4.78, 5) is 19.3. The second kappa shape index (κ2) is 8.22. The van der Waals surface area contributed by atoms with Crippen molar-refractivity contribution < 1.29 is 23.1 Å². The van der Waals surface area contributed by atoms with Crippen LogP contribution in [0, 0.1) is 0 Å². The van der Waals surface area contributed by atoms with Crippen LogP contribution < -0.4 is 5.32 Å². The Morgan fingerprint density at radius 3 is 2.64 bits per heavy atom. The van der Waals surface area contributed by atoms with E-state index in [1.54, 1.807) is 11.3 Å². The Labute approximate surface area is 165 Å². The van der Waals surface area contributed by atoms with Crippen molar-refractivity contribution in [1.82, 2.24) is 19.8 Å². The fraction of sp³-hybridized carbons (Fsp3) is 0.556. The standard InChI is InChI=1S/C18H23F3N4O2S/c1-24-9-6-22-16(24)17(27,18(19,20)21)11-15(26)23-12-13(14-5-4-10-28-14)25-7-2-3-8-25/h4-6,9-10,13,27H,2-3,7-8,11-12H2,1H3,(H,23,26). The summed E-state index contributed by atoms with van der Waals surface area (Å²) in [7, 11) is 1.34. The van der Waals surface area contributed by atoms with Crippen molar-refractivity contribution in [3.8, 4) is 0 Å². The number of rotatable bonds is 7. The predicted octanol–water partition coefficient (Wildman–Crippen LogP) is 2.57. The maximum Gasteiger partial charge on any atom is 0.425 e. The summed E-state index contributed by atoms with van der Waals surface area (Å²) in [6.45, 7) is 1.96. The molecule has 2 aromatic heterocycles. The first-order valence-corrected chi connectivity index (χ1v) is 9.91. The largest absolute Gasteiger partial charge is 0.425 e. The predicted molar refractivity (Wildman–Crippen MR) is 98.7 cm³/mol. The number of imidazole rings is 1. The fourth-order valence-corrected chi connectivity index (χ4v) is 4.38. The Kier molecular flexibility index (Phi) is 6.11. The maximum absolute atomic E-state index is 13.6. The average molecular weight is 416 g/mol. The van der Waals surface area contributed by atoms with Crippen LogP contribution >= 0.6 is 11.3 Å². The molecule has 1 aliphatic rings. The van der Waals surface area contributed by atoms with Crippen LogP contribution in [0.3, 0.4) is 0 Å². The Bertz CT molecular complexity index is 787. The summed E-state index contributed by atoms with van der Waals surface area (Å²) in [6, 6.07) is 3.78. The Morgan fingerprint density at radius 1 is 1.39 bits per heavy atom. The molecule has 3 rings (SSSR count). The van der Waals surface area contributed by atoms with Gasteiger partial charge in [-0.05, 0) is 37.4 Å². The second-order valence-corrected chi connectivity index (χ2v) is 7.95. The minimum Gasteiger partial charge on any atom is -0.374 e. The SMILES string of the molecule is Cn1ccnc1C(O)(CC(=O)NCC(c1cccs1)N1CCCC1)C(F)(F)F. The lowest BCUT2D eigenvalue weighted by Crippen LogP contribution is -2.48. The van der Waals surface area contributed by atoms with Gasteiger partial charge in [0.25, 0.3) is 0 Å². The number of alkyl halides is 3. The van der Waals surface area contributed by atoms with Gasteiger partial charge in [0.2, 0.25) is 11.5 Å². The number of aliphatic hydroxyl groups is 1. The molecule has 0 radical (unpaired) electrons. The third-order valence-electron chi connectivity index (χ3n) is 5.02. The first kappa shape index (κ1) is 20.8. The van der Waals surface area contributed by atoms with Crippen LogP contribution in [0.25, 0.3) is 0 Å². The summed E-state index contributed by atoms with van der Waals surface area (Å²) < 4.78 is 41.8. The normalized spacial score (nSPS) is 18.8. The molecule has 1 fully saturated rings. The number of nitrogens with zero attached hydrogens (tertiary/aromatic N) is 3. The second-order valence-electron chi connectivity index (χ2n) is 6.97. The molecule has 28 heavy (non-hydrogen) atoms. The van der Waals surface area contributed by atoms with Gasteiger partial charge in [-0.3, -0.25) is 9.69 Å². The van der Waals surface area contributed by atoms with Crippen LogP contribution in [-0.2, 0) is 17.4 Å². The van der Waals surface area contributed by atoms with Crippen molar-refractivity contribution >= 4 is 17.2 Å². The third-order valence-corrected chi connectivity index (χ3v) is 6.00. The Balaban J connectivity index is 1.71. The zero-order valence-corrected chi connectivity index (χ0v) is 16.3. The molecule has 1 aliphatic heterocycles. The van der Waals surface area contributed by atoms with Crippen LogP contribution in [0.15, 0.2) is 29.9 Å². The number of aryl methyl sites for hydroxylation is 1. The smallest absolute Gasteiger partial charge is 0.374 e. The highest BCUT2D eigenvalue weighted by molar-refractivity contribution is 7.10. The molecule has 2 aromatic rings. The molecule has 1 amide bonds. The molecule has 6 nitrogen and oxygen atoms in total. The molecule has 0 bridgehead atoms. The van der Waals surface area contributed by atoms with E-state index in [2.05, 4.69) is 15.2 Å². The summed E-state index contributed by atoms with van der Waals surface area (Å²) in [5.41, 5.74) is -3.35. The summed E-state index contributed by atoms with van der Waals surface area (Å²) in [5, 5.41) is 14.9. The third kappa shape index (κ3) is 4.23. The maximum atomic E-state index is 13.6. The van der Waals surface area contributed by atoms with Crippen LogP contribution in [0.5, 0.6) is 0 Å². The molecule has 154 valence electrons. The number of hydrogen-bond acceptors (Lipinski definition) is 5.